The molecule has 0 saturated heterocycles. The SMILES string of the molecule is CCN(Cc1cccs1)C(=O)N[C@H]1CCS(=O)(=O)c2ccccc21. The van der Waals surface area contributed by atoms with Crippen molar-refractivity contribution in [2.75, 3.05) is 12.3 Å². The van der Waals surface area contributed by atoms with E-state index in [4.69, 9.17) is 0 Å². The van der Waals surface area contributed by atoms with E-state index in [9.17, 15) is 13.2 Å². The van der Waals surface area contributed by atoms with E-state index < -0.39 is 9.84 Å². The molecule has 0 aliphatic carbocycles. The van der Waals surface area contributed by atoms with Crippen molar-refractivity contribution in [3.05, 3.63) is 52.2 Å². The molecule has 2 heterocycles. The van der Waals surface area contributed by atoms with E-state index in [0.29, 0.717) is 30.0 Å². The zero-order valence-corrected chi connectivity index (χ0v) is 15.1. The molecule has 0 spiro atoms. The zero-order chi connectivity index (χ0) is 17.2. The van der Waals surface area contributed by atoms with Crippen LogP contribution in [0.15, 0.2) is 46.7 Å². The Morgan fingerprint density at radius 1 is 1.29 bits per heavy atom. The molecule has 0 bridgehead atoms. The van der Waals surface area contributed by atoms with Crippen LogP contribution in [0, 0.1) is 0 Å². The summed E-state index contributed by atoms with van der Waals surface area (Å²) < 4.78 is 24.4. The molecule has 1 aromatic carbocycles. The fourth-order valence-electron chi connectivity index (χ4n) is 2.90. The van der Waals surface area contributed by atoms with Crippen molar-refractivity contribution < 1.29 is 13.2 Å². The maximum absolute atomic E-state index is 12.6. The molecule has 1 atom stereocenters. The maximum atomic E-state index is 12.6. The number of sulfone groups is 1. The molecule has 2 aromatic rings. The molecule has 1 aromatic heterocycles. The Kier molecular flexibility index (Phi) is 4.91. The minimum atomic E-state index is -3.24. The number of thiophene rings is 1. The minimum absolute atomic E-state index is 0.0615. The molecule has 7 heteroatoms. The van der Waals surface area contributed by atoms with Gasteiger partial charge in [-0.2, -0.15) is 0 Å². The number of nitrogens with zero attached hydrogens (tertiary/aromatic N) is 1. The van der Waals surface area contributed by atoms with Gasteiger partial charge in [-0.15, -0.1) is 11.3 Å². The van der Waals surface area contributed by atoms with Crippen LogP contribution in [0.1, 0.15) is 29.8 Å². The number of hydrogen-bond acceptors (Lipinski definition) is 4. The minimum Gasteiger partial charge on any atom is -0.331 e. The number of carbonyl (C=O) groups excluding carboxylic acids is 1. The third-order valence-electron chi connectivity index (χ3n) is 4.20. The second kappa shape index (κ2) is 6.94. The first-order valence-corrected chi connectivity index (χ1v) is 10.4. The van der Waals surface area contributed by atoms with Crippen molar-refractivity contribution in [2.24, 2.45) is 0 Å². The quantitative estimate of drug-likeness (QED) is 0.906. The fraction of sp³-hybridized carbons (Fsp3) is 0.353. The number of fused-ring (bicyclic) bond motifs is 1. The Morgan fingerprint density at radius 2 is 2.08 bits per heavy atom. The van der Waals surface area contributed by atoms with Crippen molar-refractivity contribution in [1.29, 1.82) is 0 Å². The van der Waals surface area contributed by atoms with E-state index in [1.165, 1.54) is 0 Å². The number of rotatable bonds is 4. The van der Waals surface area contributed by atoms with Crippen LogP contribution in [0.4, 0.5) is 4.79 Å². The van der Waals surface area contributed by atoms with Crippen molar-refractivity contribution >= 4 is 27.2 Å². The topological polar surface area (TPSA) is 66.5 Å². The zero-order valence-electron chi connectivity index (χ0n) is 13.4. The van der Waals surface area contributed by atoms with Crippen molar-refractivity contribution in [3.8, 4) is 0 Å². The van der Waals surface area contributed by atoms with Gasteiger partial charge in [0, 0.05) is 11.4 Å². The van der Waals surface area contributed by atoms with Crippen LogP contribution in [-0.2, 0) is 16.4 Å². The lowest BCUT2D eigenvalue weighted by Gasteiger charge is -2.29. The predicted molar refractivity (Wildman–Crippen MR) is 94.8 cm³/mol. The molecule has 24 heavy (non-hydrogen) atoms. The Labute approximate surface area is 146 Å². The average Bonchev–Trinajstić information content (AvgIpc) is 3.08. The second-order valence-electron chi connectivity index (χ2n) is 5.74. The van der Waals surface area contributed by atoms with Crippen molar-refractivity contribution in [1.82, 2.24) is 10.2 Å². The summed E-state index contributed by atoms with van der Waals surface area (Å²) in [7, 11) is -3.24. The Morgan fingerprint density at radius 3 is 2.79 bits per heavy atom. The van der Waals surface area contributed by atoms with Gasteiger partial charge in [0.1, 0.15) is 0 Å². The molecule has 0 fully saturated rings. The number of nitrogens with one attached hydrogen (secondary N) is 1. The van der Waals surface area contributed by atoms with Gasteiger partial charge in [-0.05, 0) is 36.4 Å². The molecule has 1 aliphatic heterocycles. The summed E-state index contributed by atoms with van der Waals surface area (Å²) >= 11 is 1.62. The van der Waals surface area contributed by atoms with E-state index in [2.05, 4.69) is 5.32 Å². The van der Waals surface area contributed by atoms with Gasteiger partial charge in [-0.25, -0.2) is 13.2 Å². The highest BCUT2D eigenvalue weighted by Gasteiger charge is 2.31. The maximum Gasteiger partial charge on any atom is 0.318 e. The van der Waals surface area contributed by atoms with E-state index in [1.54, 1.807) is 34.4 Å². The van der Waals surface area contributed by atoms with E-state index in [0.717, 1.165) is 4.88 Å². The molecule has 0 unspecified atom stereocenters. The normalized spacial score (nSPS) is 18.6. The number of hydrogen-bond donors (Lipinski definition) is 1. The van der Waals surface area contributed by atoms with Crippen LogP contribution in [0.3, 0.4) is 0 Å². The monoisotopic (exact) mass is 364 g/mol. The molecule has 1 aliphatic rings. The highest BCUT2D eigenvalue weighted by molar-refractivity contribution is 7.91. The summed E-state index contributed by atoms with van der Waals surface area (Å²) in [6, 6.07) is 10.5. The third-order valence-corrected chi connectivity index (χ3v) is 6.87. The molecular weight excluding hydrogens is 344 g/mol. The summed E-state index contributed by atoms with van der Waals surface area (Å²) in [6.45, 7) is 3.09. The van der Waals surface area contributed by atoms with Gasteiger partial charge in [-0.1, -0.05) is 24.3 Å². The molecule has 2 amide bonds. The number of benzene rings is 1. The predicted octanol–water partition coefficient (Wildman–Crippen LogP) is 3.20. The first kappa shape index (κ1) is 17.0. The molecule has 0 radical (unpaired) electrons. The molecule has 0 saturated carbocycles. The Hall–Kier alpha value is -1.86. The molecule has 5 nitrogen and oxygen atoms in total. The summed E-state index contributed by atoms with van der Waals surface area (Å²) in [5.41, 5.74) is 0.685. The average molecular weight is 364 g/mol. The smallest absolute Gasteiger partial charge is 0.318 e. The number of carbonyl (C=O) groups is 1. The Bertz CT molecular complexity index is 816. The highest BCUT2D eigenvalue weighted by Crippen LogP contribution is 2.32. The number of amides is 2. The molecule has 3 rings (SSSR count). The van der Waals surface area contributed by atoms with E-state index in [-0.39, 0.29) is 17.8 Å². The standard InChI is InChI=1S/C17H20N2O3S2/c1-2-19(12-13-6-5-10-23-13)17(20)18-15-9-11-24(21,22)16-8-4-3-7-14(15)16/h3-8,10,15H,2,9,11-12H2,1H3,(H,18,20)/t15-/m0/s1. The summed E-state index contributed by atoms with van der Waals surface area (Å²) in [5, 5.41) is 4.99. The van der Waals surface area contributed by atoms with Gasteiger partial charge in [0.15, 0.2) is 9.84 Å². The van der Waals surface area contributed by atoms with Gasteiger partial charge in [0.05, 0.1) is 23.2 Å². The first-order chi connectivity index (χ1) is 11.5. The van der Waals surface area contributed by atoms with Crippen LogP contribution in [0.2, 0.25) is 0 Å². The van der Waals surface area contributed by atoms with E-state index in [1.807, 2.05) is 30.5 Å². The lowest BCUT2D eigenvalue weighted by molar-refractivity contribution is 0.193. The summed E-state index contributed by atoms with van der Waals surface area (Å²) in [6.07, 6.45) is 0.404. The van der Waals surface area contributed by atoms with Gasteiger partial charge in [0.2, 0.25) is 0 Å². The third kappa shape index (κ3) is 3.47. The largest absolute Gasteiger partial charge is 0.331 e. The van der Waals surface area contributed by atoms with Gasteiger partial charge >= 0.3 is 6.03 Å². The van der Waals surface area contributed by atoms with Crippen LogP contribution < -0.4 is 5.32 Å². The highest BCUT2D eigenvalue weighted by atomic mass is 32.2. The van der Waals surface area contributed by atoms with Gasteiger partial charge < -0.3 is 10.2 Å². The van der Waals surface area contributed by atoms with Crippen LogP contribution in [-0.4, -0.2) is 31.6 Å². The van der Waals surface area contributed by atoms with Gasteiger partial charge in [-0.3, -0.25) is 0 Å². The summed E-state index contributed by atoms with van der Waals surface area (Å²) in [5.74, 6) is 0.0615. The van der Waals surface area contributed by atoms with Crippen molar-refractivity contribution in [2.45, 2.75) is 30.8 Å². The molecule has 1 N–H and O–H groups in total. The molecular formula is C17H20N2O3S2. The van der Waals surface area contributed by atoms with Gasteiger partial charge in [0.25, 0.3) is 0 Å². The first-order valence-electron chi connectivity index (χ1n) is 7.91. The lowest BCUT2D eigenvalue weighted by Crippen LogP contribution is -2.42. The van der Waals surface area contributed by atoms with Crippen molar-refractivity contribution in [3.63, 3.8) is 0 Å². The number of urea groups is 1. The molecule has 128 valence electrons. The second-order valence-corrected chi connectivity index (χ2v) is 8.85. The summed E-state index contributed by atoms with van der Waals surface area (Å²) in [4.78, 5) is 15.8. The van der Waals surface area contributed by atoms with E-state index >= 15 is 0 Å². The van der Waals surface area contributed by atoms with Crippen LogP contribution in [0.25, 0.3) is 0 Å². The lowest BCUT2D eigenvalue weighted by atomic mass is 10.0. The van der Waals surface area contributed by atoms with Crippen LogP contribution in [0.5, 0.6) is 0 Å². The Balaban J connectivity index is 1.77. The fourth-order valence-corrected chi connectivity index (χ4v) is 5.24. The van der Waals surface area contributed by atoms with Crippen LogP contribution >= 0.6 is 11.3 Å².